The lowest BCUT2D eigenvalue weighted by Crippen LogP contribution is -2.52. The van der Waals surface area contributed by atoms with Crippen LogP contribution in [-0.4, -0.2) is 22.8 Å². The summed E-state index contributed by atoms with van der Waals surface area (Å²) in [5.74, 6) is -0.894. The number of hydrogen-bond donors (Lipinski definition) is 2. The van der Waals surface area contributed by atoms with E-state index in [9.17, 15) is 18.7 Å². The van der Waals surface area contributed by atoms with Gasteiger partial charge >= 0.3 is 6.09 Å². The summed E-state index contributed by atoms with van der Waals surface area (Å²) in [5.41, 5.74) is -1.64. The Hall–Kier alpha value is -2.47. The summed E-state index contributed by atoms with van der Waals surface area (Å²) in [6.07, 6.45) is 0.406. The van der Waals surface area contributed by atoms with Gasteiger partial charge in [0.1, 0.15) is 22.8 Å². The Morgan fingerprint density at radius 2 is 1.43 bits per heavy atom. The molecule has 0 aliphatic carbocycles. The molecular formula is C22H27F2NO3. The fraction of sp³-hybridized carbons (Fsp3) is 0.409. The van der Waals surface area contributed by atoms with Gasteiger partial charge < -0.3 is 15.2 Å². The van der Waals surface area contributed by atoms with Crippen LogP contribution in [0, 0.1) is 11.6 Å². The van der Waals surface area contributed by atoms with E-state index in [1.54, 1.807) is 20.8 Å². The highest BCUT2D eigenvalue weighted by atomic mass is 19.1. The molecule has 0 aromatic heterocycles. The maximum Gasteiger partial charge on any atom is 0.407 e. The van der Waals surface area contributed by atoms with Crippen LogP contribution in [0.25, 0.3) is 0 Å². The van der Waals surface area contributed by atoms with Gasteiger partial charge in [-0.05, 0) is 62.6 Å². The number of carbonyl (C=O) groups excluding carboxylic acids is 1. The molecule has 0 heterocycles. The van der Waals surface area contributed by atoms with Gasteiger partial charge in [0.15, 0.2) is 0 Å². The summed E-state index contributed by atoms with van der Waals surface area (Å²) >= 11 is 0. The van der Waals surface area contributed by atoms with Crippen molar-refractivity contribution in [1.29, 1.82) is 0 Å². The predicted molar refractivity (Wildman–Crippen MR) is 104 cm³/mol. The van der Waals surface area contributed by atoms with Crippen molar-refractivity contribution in [2.24, 2.45) is 0 Å². The molecule has 0 saturated carbocycles. The molecule has 0 aliphatic heterocycles. The van der Waals surface area contributed by atoms with Gasteiger partial charge in [-0.2, -0.15) is 0 Å². The Morgan fingerprint density at radius 3 is 1.79 bits per heavy atom. The third kappa shape index (κ3) is 5.29. The van der Waals surface area contributed by atoms with Crippen molar-refractivity contribution in [2.45, 2.75) is 57.8 Å². The minimum atomic E-state index is -1.70. The van der Waals surface area contributed by atoms with Gasteiger partial charge in [0, 0.05) is 0 Å². The molecule has 2 rings (SSSR count). The average Bonchev–Trinajstić information content (AvgIpc) is 2.60. The van der Waals surface area contributed by atoms with Gasteiger partial charge in [-0.1, -0.05) is 37.6 Å². The van der Waals surface area contributed by atoms with E-state index in [0.29, 0.717) is 24.0 Å². The van der Waals surface area contributed by atoms with Crippen LogP contribution in [0.2, 0.25) is 0 Å². The average molecular weight is 391 g/mol. The monoisotopic (exact) mass is 391 g/mol. The maximum absolute atomic E-state index is 13.5. The first-order valence-electron chi connectivity index (χ1n) is 9.30. The minimum Gasteiger partial charge on any atom is -0.444 e. The lowest BCUT2D eigenvalue weighted by atomic mass is 9.78. The first kappa shape index (κ1) is 21.8. The fourth-order valence-electron chi connectivity index (χ4n) is 3.10. The van der Waals surface area contributed by atoms with Gasteiger partial charge in [-0.15, -0.1) is 0 Å². The summed E-state index contributed by atoms with van der Waals surface area (Å²) in [5, 5.41) is 14.5. The molecular weight excluding hydrogens is 364 g/mol. The molecule has 2 aromatic rings. The Bertz CT molecular complexity index is 737. The van der Waals surface area contributed by atoms with Crippen LogP contribution >= 0.6 is 0 Å². The van der Waals surface area contributed by atoms with Gasteiger partial charge in [-0.3, -0.25) is 0 Å². The van der Waals surface area contributed by atoms with Gasteiger partial charge in [-0.25, -0.2) is 13.6 Å². The molecule has 0 spiro atoms. The molecule has 4 nitrogen and oxygen atoms in total. The third-order valence-electron chi connectivity index (χ3n) is 4.34. The first-order chi connectivity index (χ1) is 13.1. The predicted octanol–water partition coefficient (Wildman–Crippen LogP) is 4.89. The second-order valence-electron chi connectivity index (χ2n) is 7.77. The lowest BCUT2D eigenvalue weighted by Gasteiger charge is -2.38. The molecule has 1 amide bonds. The molecule has 28 heavy (non-hydrogen) atoms. The molecule has 0 aliphatic rings. The van der Waals surface area contributed by atoms with Crippen molar-refractivity contribution in [3.63, 3.8) is 0 Å². The third-order valence-corrected chi connectivity index (χ3v) is 4.34. The van der Waals surface area contributed by atoms with E-state index >= 15 is 0 Å². The Labute approximate surface area is 164 Å². The topological polar surface area (TPSA) is 58.6 Å². The molecule has 0 fully saturated rings. The lowest BCUT2D eigenvalue weighted by molar-refractivity contribution is 0.0141. The molecule has 1 atom stereocenters. The van der Waals surface area contributed by atoms with E-state index in [-0.39, 0.29) is 0 Å². The second-order valence-corrected chi connectivity index (χ2v) is 7.77. The van der Waals surface area contributed by atoms with Crippen LogP contribution in [0.15, 0.2) is 48.5 Å². The molecule has 2 aromatic carbocycles. The number of alkyl carbamates (subject to hydrolysis) is 1. The van der Waals surface area contributed by atoms with Crippen LogP contribution in [0.3, 0.4) is 0 Å². The zero-order chi connectivity index (χ0) is 20.9. The molecule has 0 radical (unpaired) electrons. The Kier molecular flexibility index (Phi) is 6.77. The van der Waals surface area contributed by atoms with Crippen LogP contribution in [0.4, 0.5) is 13.6 Å². The second kappa shape index (κ2) is 8.69. The standard InChI is InChI=1S/C22H27F2NO3/c1-5-6-19(25-20(26)28-21(2,3)4)22(27,15-7-11-17(23)12-8-15)16-9-13-18(24)14-10-16/h7-14,19,27H,5-6H2,1-4H3,(H,25,26)/t19-/m0/s1. The van der Waals surface area contributed by atoms with Crippen molar-refractivity contribution >= 4 is 6.09 Å². The Balaban J connectivity index is 2.51. The van der Waals surface area contributed by atoms with Crippen molar-refractivity contribution in [2.75, 3.05) is 0 Å². The number of aliphatic hydroxyl groups is 1. The molecule has 0 bridgehead atoms. The maximum atomic E-state index is 13.5. The minimum absolute atomic E-state index is 0.384. The molecule has 6 heteroatoms. The van der Waals surface area contributed by atoms with Gasteiger partial charge in [0.2, 0.25) is 0 Å². The fourth-order valence-corrected chi connectivity index (χ4v) is 3.10. The van der Waals surface area contributed by atoms with Gasteiger partial charge in [0.05, 0.1) is 6.04 Å². The van der Waals surface area contributed by atoms with Crippen LogP contribution in [-0.2, 0) is 10.3 Å². The summed E-state index contributed by atoms with van der Waals surface area (Å²) < 4.78 is 32.2. The number of halogens is 2. The van der Waals surface area contributed by atoms with Crippen LogP contribution in [0.5, 0.6) is 0 Å². The summed E-state index contributed by atoms with van der Waals surface area (Å²) in [4.78, 5) is 12.4. The van der Waals surface area contributed by atoms with Crippen LogP contribution in [0.1, 0.15) is 51.7 Å². The Morgan fingerprint density at radius 1 is 1.00 bits per heavy atom. The number of benzene rings is 2. The van der Waals surface area contributed by atoms with Crippen LogP contribution < -0.4 is 5.32 Å². The quantitative estimate of drug-likeness (QED) is 0.737. The summed E-state index contributed by atoms with van der Waals surface area (Å²) in [7, 11) is 0. The first-order valence-corrected chi connectivity index (χ1v) is 9.30. The number of amides is 1. The molecule has 152 valence electrons. The highest BCUT2D eigenvalue weighted by molar-refractivity contribution is 5.68. The smallest absolute Gasteiger partial charge is 0.407 e. The highest BCUT2D eigenvalue weighted by Gasteiger charge is 2.41. The molecule has 2 N–H and O–H groups in total. The highest BCUT2D eigenvalue weighted by Crippen LogP contribution is 2.35. The zero-order valence-electron chi connectivity index (χ0n) is 16.6. The zero-order valence-corrected chi connectivity index (χ0v) is 16.6. The van der Waals surface area contributed by atoms with E-state index in [0.717, 1.165) is 0 Å². The SMILES string of the molecule is CCC[C@H](NC(=O)OC(C)(C)C)C(O)(c1ccc(F)cc1)c1ccc(F)cc1. The van der Waals surface area contributed by atoms with Crippen molar-refractivity contribution < 1.29 is 23.4 Å². The number of hydrogen-bond acceptors (Lipinski definition) is 3. The van der Waals surface area contributed by atoms with E-state index in [1.807, 2.05) is 6.92 Å². The number of rotatable bonds is 6. The van der Waals surface area contributed by atoms with Crippen molar-refractivity contribution in [1.82, 2.24) is 5.32 Å². The number of ether oxygens (including phenoxy) is 1. The largest absolute Gasteiger partial charge is 0.444 e. The van der Waals surface area contributed by atoms with E-state index in [4.69, 9.17) is 4.74 Å². The summed E-state index contributed by atoms with van der Waals surface area (Å²) in [6, 6.07) is 10.00. The van der Waals surface area contributed by atoms with E-state index in [1.165, 1.54) is 48.5 Å². The van der Waals surface area contributed by atoms with E-state index in [2.05, 4.69) is 5.32 Å². The van der Waals surface area contributed by atoms with Crippen molar-refractivity contribution in [3.05, 3.63) is 71.3 Å². The van der Waals surface area contributed by atoms with Gasteiger partial charge in [0.25, 0.3) is 0 Å². The van der Waals surface area contributed by atoms with Crippen molar-refractivity contribution in [3.8, 4) is 0 Å². The number of carbonyl (C=O) groups is 1. The molecule has 0 saturated heterocycles. The number of nitrogens with one attached hydrogen (secondary N) is 1. The normalized spacial score (nSPS) is 13.1. The molecule has 0 unspecified atom stereocenters. The summed E-state index contributed by atoms with van der Waals surface area (Å²) in [6.45, 7) is 7.15. The van der Waals surface area contributed by atoms with E-state index < -0.39 is 35.0 Å².